The summed E-state index contributed by atoms with van der Waals surface area (Å²) in [5.41, 5.74) is 7.26. The van der Waals surface area contributed by atoms with Gasteiger partial charge in [0.15, 0.2) is 0 Å². The van der Waals surface area contributed by atoms with Crippen molar-refractivity contribution >= 4 is 10.9 Å². The van der Waals surface area contributed by atoms with Crippen molar-refractivity contribution < 1.29 is 5.11 Å². The standard InChI is InChI=1S/C22H36N4O/c23-14-4-6-16-25-18-8-17-24-15-5-2-1-3-10-20-13-12-19-9-7-11-21(27)22(19)26-20/h7,9,11-13,24-25,27H,1-6,8,10,14-18,23H2. The summed E-state index contributed by atoms with van der Waals surface area (Å²) in [5.74, 6) is 0.270. The fourth-order valence-corrected chi connectivity index (χ4v) is 3.20. The fourth-order valence-electron chi connectivity index (χ4n) is 3.20. The van der Waals surface area contributed by atoms with E-state index in [-0.39, 0.29) is 5.75 Å². The summed E-state index contributed by atoms with van der Waals surface area (Å²) in [7, 11) is 0. The number of rotatable bonds is 15. The molecule has 5 nitrogen and oxygen atoms in total. The minimum absolute atomic E-state index is 0.270. The van der Waals surface area contributed by atoms with Gasteiger partial charge in [-0.15, -0.1) is 0 Å². The van der Waals surface area contributed by atoms with Crippen LogP contribution in [0.2, 0.25) is 0 Å². The first-order valence-electron chi connectivity index (χ1n) is 10.5. The molecule has 1 aromatic heterocycles. The lowest BCUT2D eigenvalue weighted by Gasteiger charge is -2.07. The summed E-state index contributed by atoms with van der Waals surface area (Å²) in [6.45, 7) is 5.17. The zero-order valence-corrected chi connectivity index (χ0v) is 16.6. The largest absolute Gasteiger partial charge is 0.506 e. The average Bonchev–Trinajstić information content (AvgIpc) is 2.69. The van der Waals surface area contributed by atoms with E-state index < -0.39 is 0 Å². The number of para-hydroxylation sites is 1. The Balaban J connectivity index is 1.44. The molecule has 0 aliphatic rings. The van der Waals surface area contributed by atoms with Crippen LogP contribution in [0.4, 0.5) is 0 Å². The quantitative estimate of drug-likeness (QED) is 0.360. The Morgan fingerprint density at radius 2 is 1.48 bits per heavy atom. The molecule has 1 heterocycles. The normalized spacial score (nSPS) is 11.3. The second-order valence-electron chi connectivity index (χ2n) is 7.16. The van der Waals surface area contributed by atoms with Crippen molar-refractivity contribution in [1.82, 2.24) is 15.6 Å². The topological polar surface area (TPSA) is 83.2 Å². The van der Waals surface area contributed by atoms with E-state index in [4.69, 9.17) is 5.73 Å². The predicted molar refractivity (Wildman–Crippen MR) is 114 cm³/mol. The highest BCUT2D eigenvalue weighted by Gasteiger charge is 2.02. The Bertz CT molecular complexity index is 647. The molecular weight excluding hydrogens is 336 g/mol. The van der Waals surface area contributed by atoms with Gasteiger partial charge in [0.05, 0.1) is 0 Å². The summed E-state index contributed by atoms with van der Waals surface area (Å²) < 4.78 is 0. The molecular formula is C22H36N4O. The highest BCUT2D eigenvalue weighted by Crippen LogP contribution is 2.22. The third kappa shape index (κ3) is 8.69. The van der Waals surface area contributed by atoms with Crippen LogP contribution in [-0.2, 0) is 6.42 Å². The highest BCUT2D eigenvalue weighted by atomic mass is 16.3. The van der Waals surface area contributed by atoms with Crippen LogP contribution in [0, 0.1) is 0 Å². The number of nitrogens with two attached hydrogens (primary N) is 1. The molecule has 5 N–H and O–H groups in total. The number of aryl methyl sites for hydroxylation is 1. The Labute approximate surface area is 163 Å². The second-order valence-corrected chi connectivity index (χ2v) is 7.16. The van der Waals surface area contributed by atoms with Crippen LogP contribution in [0.5, 0.6) is 5.75 Å². The Morgan fingerprint density at radius 1 is 0.778 bits per heavy atom. The lowest BCUT2D eigenvalue weighted by molar-refractivity contribution is 0.480. The molecule has 0 aliphatic carbocycles. The molecule has 0 atom stereocenters. The van der Waals surface area contributed by atoms with E-state index in [1.807, 2.05) is 18.2 Å². The van der Waals surface area contributed by atoms with E-state index in [2.05, 4.69) is 21.7 Å². The molecule has 0 fully saturated rings. The highest BCUT2D eigenvalue weighted by molar-refractivity contribution is 5.84. The van der Waals surface area contributed by atoms with Gasteiger partial charge in [0.1, 0.15) is 11.3 Å². The molecule has 5 heteroatoms. The molecule has 0 radical (unpaired) electrons. The van der Waals surface area contributed by atoms with Gasteiger partial charge in [0, 0.05) is 11.1 Å². The van der Waals surface area contributed by atoms with Gasteiger partial charge in [-0.1, -0.05) is 31.0 Å². The molecule has 0 saturated heterocycles. The van der Waals surface area contributed by atoms with E-state index in [9.17, 15) is 5.11 Å². The molecule has 0 bridgehead atoms. The average molecular weight is 373 g/mol. The predicted octanol–water partition coefficient (Wildman–Crippen LogP) is 3.35. The van der Waals surface area contributed by atoms with Crippen molar-refractivity contribution in [1.29, 1.82) is 0 Å². The van der Waals surface area contributed by atoms with Gasteiger partial charge in [-0.05, 0) is 83.4 Å². The SMILES string of the molecule is NCCCCNCCCNCCCCCCc1ccc2cccc(O)c2n1. The molecule has 2 aromatic rings. The summed E-state index contributed by atoms with van der Waals surface area (Å²) >= 11 is 0. The summed E-state index contributed by atoms with van der Waals surface area (Å²) in [6.07, 6.45) is 9.32. The fraction of sp³-hybridized carbons (Fsp3) is 0.591. The number of pyridine rings is 1. The molecule has 2 rings (SSSR count). The molecule has 0 spiro atoms. The third-order valence-corrected chi connectivity index (χ3v) is 4.81. The van der Waals surface area contributed by atoms with E-state index >= 15 is 0 Å². The smallest absolute Gasteiger partial charge is 0.141 e. The van der Waals surface area contributed by atoms with E-state index in [0.29, 0.717) is 5.52 Å². The van der Waals surface area contributed by atoms with Crippen molar-refractivity contribution in [2.45, 2.75) is 51.4 Å². The Kier molecular flexibility index (Phi) is 10.8. The lowest BCUT2D eigenvalue weighted by atomic mass is 10.1. The number of phenols is 1. The number of nitrogens with one attached hydrogen (secondary N) is 2. The van der Waals surface area contributed by atoms with Crippen LogP contribution < -0.4 is 16.4 Å². The molecule has 1 aromatic carbocycles. The molecule has 0 aliphatic heterocycles. The first kappa shape index (κ1) is 21.6. The van der Waals surface area contributed by atoms with Crippen LogP contribution in [0.3, 0.4) is 0 Å². The van der Waals surface area contributed by atoms with E-state index in [1.54, 1.807) is 6.07 Å². The maximum Gasteiger partial charge on any atom is 0.141 e. The van der Waals surface area contributed by atoms with E-state index in [1.165, 1.54) is 32.1 Å². The number of aromatic hydroxyl groups is 1. The number of fused-ring (bicyclic) bond motifs is 1. The van der Waals surface area contributed by atoms with Crippen LogP contribution in [0.1, 0.15) is 50.6 Å². The lowest BCUT2D eigenvalue weighted by Crippen LogP contribution is -2.23. The number of nitrogens with zero attached hydrogens (tertiary/aromatic N) is 1. The number of hydrogen-bond acceptors (Lipinski definition) is 5. The van der Waals surface area contributed by atoms with Gasteiger partial charge >= 0.3 is 0 Å². The van der Waals surface area contributed by atoms with Crippen molar-refractivity contribution in [3.8, 4) is 5.75 Å². The van der Waals surface area contributed by atoms with Crippen LogP contribution in [-0.4, -0.2) is 42.8 Å². The van der Waals surface area contributed by atoms with Gasteiger partial charge in [-0.2, -0.15) is 0 Å². The van der Waals surface area contributed by atoms with Crippen molar-refractivity contribution in [3.63, 3.8) is 0 Å². The first-order chi connectivity index (χ1) is 13.3. The van der Waals surface area contributed by atoms with E-state index in [0.717, 1.165) is 63.1 Å². The minimum atomic E-state index is 0.270. The summed E-state index contributed by atoms with van der Waals surface area (Å²) in [5, 5.41) is 17.9. The summed E-state index contributed by atoms with van der Waals surface area (Å²) in [6, 6.07) is 9.66. The summed E-state index contributed by atoms with van der Waals surface area (Å²) in [4.78, 5) is 4.60. The monoisotopic (exact) mass is 372 g/mol. The number of benzene rings is 1. The zero-order chi connectivity index (χ0) is 19.2. The molecule has 27 heavy (non-hydrogen) atoms. The van der Waals surface area contributed by atoms with Gasteiger partial charge in [0.2, 0.25) is 0 Å². The zero-order valence-electron chi connectivity index (χ0n) is 16.6. The molecule has 0 unspecified atom stereocenters. The maximum atomic E-state index is 9.91. The second kappa shape index (κ2) is 13.5. The Morgan fingerprint density at radius 3 is 2.26 bits per heavy atom. The third-order valence-electron chi connectivity index (χ3n) is 4.81. The molecule has 0 amide bonds. The minimum Gasteiger partial charge on any atom is -0.506 e. The number of hydrogen-bond donors (Lipinski definition) is 4. The Hall–Kier alpha value is -1.69. The maximum absolute atomic E-state index is 9.91. The van der Waals surface area contributed by atoms with Crippen LogP contribution >= 0.6 is 0 Å². The van der Waals surface area contributed by atoms with Crippen LogP contribution in [0.25, 0.3) is 10.9 Å². The number of phenolic OH excluding ortho intramolecular Hbond substituents is 1. The molecule has 150 valence electrons. The van der Waals surface area contributed by atoms with Gasteiger partial charge < -0.3 is 21.5 Å². The number of aromatic nitrogens is 1. The van der Waals surface area contributed by atoms with Gasteiger partial charge in [0.25, 0.3) is 0 Å². The van der Waals surface area contributed by atoms with Crippen molar-refractivity contribution in [3.05, 3.63) is 36.0 Å². The van der Waals surface area contributed by atoms with Gasteiger partial charge in [-0.3, -0.25) is 0 Å². The molecule has 0 saturated carbocycles. The van der Waals surface area contributed by atoms with Crippen LogP contribution in [0.15, 0.2) is 30.3 Å². The van der Waals surface area contributed by atoms with Crippen molar-refractivity contribution in [2.24, 2.45) is 5.73 Å². The van der Waals surface area contributed by atoms with Crippen molar-refractivity contribution in [2.75, 3.05) is 32.7 Å². The first-order valence-corrected chi connectivity index (χ1v) is 10.5. The van der Waals surface area contributed by atoms with Gasteiger partial charge in [-0.25, -0.2) is 4.98 Å². The number of unbranched alkanes of at least 4 members (excludes halogenated alkanes) is 4.